The van der Waals surface area contributed by atoms with Crippen molar-refractivity contribution in [3.05, 3.63) is 29.8 Å². The van der Waals surface area contributed by atoms with Crippen molar-refractivity contribution in [2.75, 3.05) is 0 Å². The van der Waals surface area contributed by atoms with E-state index in [0.29, 0.717) is 5.52 Å². The third-order valence-electron chi connectivity index (χ3n) is 2.23. The molecule has 0 unspecified atom stereocenters. The topological polar surface area (TPSA) is 45.4 Å². The summed E-state index contributed by atoms with van der Waals surface area (Å²) in [6.07, 6.45) is 0.919. The molecule has 0 saturated heterocycles. The molecule has 3 nitrogen and oxygen atoms in total. The quantitative estimate of drug-likeness (QED) is 0.655. The van der Waals surface area contributed by atoms with Crippen molar-refractivity contribution in [2.45, 2.75) is 13.3 Å². The van der Waals surface area contributed by atoms with Gasteiger partial charge < -0.3 is 10.3 Å². The molecule has 0 atom stereocenters. The molecule has 3 heteroatoms. The average molecular weight is 177 g/mol. The molecule has 1 aromatic heterocycles. The summed E-state index contributed by atoms with van der Waals surface area (Å²) < 4.78 is 0.800. The second-order valence-electron chi connectivity index (χ2n) is 3.06. The first-order valence-electron chi connectivity index (χ1n) is 4.25. The minimum atomic E-state index is -0.122. The summed E-state index contributed by atoms with van der Waals surface area (Å²) in [4.78, 5) is 0. The Morgan fingerprint density at radius 2 is 2.08 bits per heavy atom. The maximum absolute atomic E-state index is 9.38. The summed E-state index contributed by atoms with van der Waals surface area (Å²) in [7, 11) is 0. The highest BCUT2D eigenvalue weighted by molar-refractivity contribution is 5.82. The Labute approximate surface area is 75.8 Å². The van der Waals surface area contributed by atoms with Crippen LogP contribution in [-0.4, -0.2) is 15.0 Å². The molecule has 0 bridgehead atoms. The van der Waals surface area contributed by atoms with Gasteiger partial charge in [0, 0.05) is 11.5 Å². The number of aromatic nitrogens is 1. The van der Waals surface area contributed by atoms with E-state index < -0.39 is 0 Å². The van der Waals surface area contributed by atoms with Crippen LogP contribution in [0.4, 0.5) is 0 Å². The summed E-state index contributed by atoms with van der Waals surface area (Å²) in [5.74, 6) is -0.122. The van der Waals surface area contributed by atoms with E-state index in [1.165, 1.54) is 6.07 Å². The lowest BCUT2D eigenvalue weighted by molar-refractivity contribution is 0.167. The van der Waals surface area contributed by atoms with Gasteiger partial charge in [-0.1, -0.05) is 19.1 Å². The van der Waals surface area contributed by atoms with Gasteiger partial charge in [-0.15, -0.1) is 0 Å². The molecular weight excluding hydrogens is 166 g/mol. The highest BCUT2D eigenvalue weighted by Crippen LogP contribution is 2.23. The number of aryl methyl sites for hydroxylation is 1. The summed E-state index contributed by atoms with van der Waals surface area (Å²) in [6, 6.07) is 7.28. The monoisotopic (exact) mass is 177 g/mol. The van der Waals surface area contributed by atoms with Gasteiger partial charge >= 0.3 is 0 Å². The van der Waals surface area contributed by atoms with E-state index in [1.807, 2.05) is 25.1 Å². The maximum atomic E-state index is 9.38. The van der Waals surface area contributed by atoms with Crippen molar-refractivity contribution in [1.82, 2.24) is 4.73 Å². The number of fused-ring (bicyclic) bond motifs is 1. The highest BCUT2D eigenvalue weighted by atomic mass is 16.5. The Morgan fingerprint density at radius 3 is 2.77 bits per heavy atom. The number of hydrogen-bond acceptors (Lipinski definition) is 2. The van der Waals surface area contributed by atoms with Crippen LogP contribution in [0.1, 0.15) is 12.5 Å². The van der Waals surface area contributed by atoms with Crippen LogP contribution in [0.3, 0.4) is 0 Å². The highest BCUT2D eigenvalue weighted by Gasteiger charge is 2.05. The fourth-order valence-corrected chi connectivity index (χ4v) is 1.44. The zero-order valence-corrected chi connectivity index (χ0v) is 7.36. The van der Waals surface area contributed by atoms with Crippen molar-refractivity contribution < 1.29 is 10.3 Å². The van der Waals surface area contributed by atoms with Gasteiger partial charge in [-0.05, 0) is 18.1 Å². The van der Waals surface area contributed by atoms with Gasteiger partial charge in [0.25, 0.3) is 0 Å². The standard InChI is InChI=1S/C10H11NO2/c1-2-7-3-4-8-6-10(12)11(13)9(8)5-7/h3-6,12-13H,2H2,1H3. The first-order valence-corrected chi connectivity index (χ1v) is 4.25. The smallest absolute Gasteiger partial charge is 0.225 e. The normalized spacial score (nSPS) is 10.8. The number of rotatable bonds is 1. The first-order chi connectivity index (χ1) is 6.22. The number of aromatic hydroxyl groups is 1. The third kappa shape index (κ3) is 1.13. The van der Waals surface area contributed by atoms with Crippen LogP contribution in [0, 0.1) is 0 Å². The zero-order chi connectivity index (χ0) is 9.42. The van der Waals surface area contributed by atoms with Gasteiger partial charge in [0.1, 0.15) is 0 Å². The van der Waals surface area contributed by atoms with Gasteiger partial charge in [0.2, 0.25) is 5.88 Å². The summed E-state index contributed by atoms with van der Waals surface area (Å²) in [5, 5.41) is 19.4. The fourth-order valence-electron chi connectivity index (χ4n) is 1.44. The van der Waals surface area contributed by atoms with Gasteiger partial charge in [-0.25, -0.2) is 0 Å². The van der Waals surface area contributed by atoms with E-state index >= 15 is 0 Å². The average Bonchev–Trinajstić information content (AvgIpc) is 2.43. The maximum Gasteiger partial charge on any atom is 0.225 e. The second kappa shape index (κ2) is 2.69. The molecule has 13 heavy (non-hydrogen) atoms. The third-order valence-corrected chi connectivity index (χ3v) is 2.23. The van der Waals surface area contributed by atoms with Crippen molar-refractivity contribution >= 4 is 10.9 Å². The molecule has 0 aliphatic heterocycles. The van der Waals surface area contributed by atoms with Gasteiger partial charge in [0.15, 0.2) is 0 Å². The summed E-state index contributed by atoms with van der Waals surface area (Å²) in [6.45, 7) is 2.05. The molecule has 0 amide bonds. The molecule has 0 spiro atoms. The van der Waals surface area contributed by atoms with E-state index in [4.69, 9.17) is 0 Å². The second-order valence-corrected chi connectivity index (χ2v) is 3.06. The van der Waals surface area contributed by atoms with E-state index in [1.54, 1.807) is 0 Å². The molecule has 1 aromatic carbocycles. The van der Waals surface area contributed by atoms with Crippen LogP contribution in [0.2, 0.25) is 0 Å². The Bertz CT molecular complexity index is 445. The van der Waals surface area contributed by atoms with Crippen LogP contribution in [0.25, 0.3) is 10.9 Å². The Balaban J connectivity index is 2.75. The number of benzene rings is 1. The van der Waals surface area contributed by atoms with E-state index in [0.717, 1.165) is 22.1 Å². The molecule has 2 aromatic rings. The minimum Gasteiger partial charge on any atom is -0.492 e. The van der Waals surface area contributed by atoms with E-state index in [2.05, 4.69) is 0 Å². The van der Waals surface area contributed by atoms with Gasteiger partial charge in [-0.2, -0.15) is 4.73 Å². The lowest BCUT2D eigenvalue weighted by Crippen LogP contribution is -1.88. The van der Waals surface area contributed by atoms with Crippen molar-refractivity contribution in [2.24, 2.45) is 0 Å². The molecule has 68 valence electrons. The van der Waals surface area contributed by atoms with Gasteiger partial charge in [-0.3, -0.25) is 0 Å². The van der Waals surface area contributed by atoms with Crippen LogP contribution in [0.5, 0.6) is 5.88 Å². The number of nitrogens with zero attached hydrogens (tertiary/aromatic N) is 1. The van der Waals surface area contributed by atoms with E-state index in [9.17, 15) is 10.3 Å². The van der Waals surface area contributed by atoms with Crippen molar-refractivity contribution in [3.63, 3.8) is 0 Å². The molecule has 0 aliphatic rings. The van der Waals surface area contributed by atoms with Crippen LogP contribution in [0.15, 0.2) is 24.3 Å². The Kier molecular flexibility index (Phi) is 1.65. The lowest BCUT2D eigenvalue weighted by Gasteiger charge is -1.98. The van der Waals surface area contributed by atoms with Crippen molar-refractivity contribution in [1.29, 1.82) is 0 Å². The van der Waals surface area contributed by atoms with Crippen molar-refractivity contribution in [3.8, 4) is 5.88 Å². The Hall–Kier alpha value is -1.64. The predicted molar refractivity (Wildman–Crippen MR) is 50.2 cm³/mol. The molecule has 0 saturated carbocycles. The number of hydrogen-bond donors (Lipinski definition) is 2. The van der Waals surface area contributed by atoms with E-state index in [-0.39, 0.29) is 5.88 Å². The predicted octanol–water partition coefficient (Wildman–Crippen LogP) is 2.15. The molecular formula is C10H11NO2. The molecule has 1 heterocycles. The lowest BCUT2D eigenvalue weighted by atomic mass is 10.1. The largest absolute Gasteiger partial charge is 0.492 e. The Morgan fingerprint density at radius 1 is 1.31 bits per heavy atom. The molecule has 2 N–H and O–H groups in total. The summed E-state index contributed by atoms with van der Waals surface area (Å²) >= 11 is 0. The first kappa shape index (κ1) is 7.98. The fraction of sp³-hybridized carbons (Fsp3) is 0.200. The molecule has 0 fully saturated rings. The van der Waals surface area contributed by atoms with Crippen LogP contribution in [-0.2, 0) is 6.42 Å². The molecule has 0 radical (unpaired) electrons. The van der Waals surface area contributed by atoms with Gasteiger partial charge in [0.05, 0.1) is 5.52 Å². The van der Waals surface area contributed by atoms with Crippen LogP contribution >= 0.6 is 0 Å². The molecule has 0 aliphatic carbocycles. The molecule has 2 rings (SSSR count). The SMILES string of the molecule is CCc1ccc2cc(O)n(O)c2c1. The summed E-state index contributed by atoms with van der Waals surface area (Å²) in [5.41, 5.74) is 1.79. The zero-order valence-electron chi connectivity index (χ0n) is 7.36. The van der Waals surface area contributed by atoms with Crippen LogP contribution < -0.4 is 0 Å². The minimum absolute atomic E-state index is 0.122.